The molecule has 0 aromatic heterocycles. The molecule has 0 aromatic carbocycles. The first kappa shape index (κ1) is 18.4. The number of rotatable bonds is 9. The van der Waals surface area contributed by atoms with Crippen LogP contribution in [0.25, 0.3) is 0 Å². The van der Waals surface area contributed by atoms with Crippen molar-refractivity contribution in [1.29, 1.82) is 0 Å². The zero-order valence-corrected chi connectivity index (χ0v) is 14.2. The van der Waals surface area contributed by atoms with Gasteiger partial charge in [0.05, 0.1) is 6.61 Å². The average molecular weight is 299 g/mol. The Bertz CT molecular complexity index is 291. The highest BCUT2D eigenvalue weighted by molar-refractivity contribution is 5.75. The number of likely N-dealkylation sites (N-methyl/N-ethyl adjacent to an activating group) is 1. The van der Waals surface area contributed by atoms with E-state index in [1.54, 1.807) is 0 Å². The van der Waals surface area contributed by atoms with E-state index in [2.05, 4.69) is 29.0 Å². The van der Waals surface area contributed by atoms with Crippen LogP contribution in [0.1, 0.15) is 40.5 Å². The van der Waals surface area contributed by atoms with Crippen LogP contribution in [0, 0.1) is 0 Å². The van der Waals surface area contributed by atoms with Crippen LogP contribution in [0.3, 0.4) is 0 Å². The fourth-order valence-electron chi connectivity index (χ4n) is 2.79. The Morgan fingerprint density at radius 3 is 2.38 bits per heavy atom. The van der Waals surface area contributed by atoms with Gasteiger partial charge in [-0.3, -0.25) is 9.69 Å². The van der Waals surface area contributed by atoms with Gasteiger partial charge in [-0.15, -0.1) is 0 Å². The summed E-state index contributed by atoms with van der Waals surface area (Å²) < 4.78 is 5.13. The maximum atomic E-state index is 11.9. The Labute approximate surface area is 130 Å². The van der Waals surface area contributed by atoms with Crippen LogP contribution in [-0.2, 0) is 9.53 Å². The van der Waals surface area contributed by atoms with E-state index in [4.69, 9.17) is 4.74 Å². The second-order valence-electron chi connectivity index (χ2n) is 5.79. The predicted octanol–water partition coefficient (Wildman–Crippen LogP) is 1.33. The van der Waals surface area contributed by atoms with Crippen molar-refractivity contribution in [2.24, 2.45) is 0 Å². The van der Waals surface area contributed by atoms with Gasteiger partial charge in [0.1, 0.15) is 6.04 Å². The zero-order chi connectivity index (χ0) is 15.7. The minimum absolute atomic E-state index is 0.113. The molecule has 1 aliphatic heterocycles. The number of ether oxygens (including phenoxy) is 1. The molecule has 1 heterocycles. The van der Waals surface area contributed by atoms with Crippen LogP contribution in [0.5, 0.6) is 0 Å². The number of hydrogen-bond donors (Lipinski definition) is 1. The molecule has 0 saturated carbocycles. The van der Waals surface area contributed by atoms with Gasteiger partial charge in [0, 0.05) is 38.8 Å². The van der Waals surface area contributed by atoms with E-state index < -0.39 is 0 Å². The van der Waals surface area contributed by atoms with E-state index in [9.17, 15) is 4.79 Å². The molecular weight excluding hydrogens is 266 g/mol. The van der Waals surface area contributed by atoms with Crippen molar-refractivity contribution >= 4 is 5.97 Å². The minimum Gasteiger partial charge on any atom is -0.465 e. The van der Waals surface area contributed by atoms with Crippen molar-refractivity contribution in [3.05, 3.63) is 0 Å². The van der Waals surface area contributed by atoms with E-state index in [0.717, 1.165) is 45.7 Å². The number of piperazine rings is 1. The topological polar surface area (TPSA) is 44.8 Å². The third-order valence-electron chi connectivity index (χ3n) is 4.38. The Morgan fingerprint density at radius 2 is 1.86 bits per heavy atom. The number of hydrogen-bond acceptors (Lipinski definition) is 5. The first-order valence-corrected chi connectivity index (χ1v) is 8.48. The van der Waals surface area contributed by atoms with Gasteiger partial charge in [-0.25, -0.2) is 0 Å². The van der Waals surface area contributed by atoms with Crippen LogP contribution in [0.15, 0.2) is 0 Å². The molecule has 5 heteroatoms. The minimum atomic E-state index is -0.164. The fraction of sp³-hybridized carbons (Fsp3) is 0.938. The molecule has 0 aromatic rings. The summed E-state index contributed by atoms with van der Waals surface area (Å²) in [6, 6.07) is 0.517. The summed E-state index contributed by atoms with van der Waals surface area (Å²) in [5.74, 6) is -0.113. The second kappa shape index (κ2) is 10.1. The lowest BCUT2D eigenvalue weighted by Crippen LogP contribution is -2.50. The van der Waals surface area contributed by atoms with Crippen LogP contribution < -0.4 is 5.32 Å². The number of esters is 1. The molecule has 0 bridgehead atoms. The lowest BCUT2D eigenvalue weighted by atomic mass is 10.1. The molecule has 0 amide bonds. The smallest absolute Gasteiger partial charge is 0.323 e. The zero-order valence-electron chi connectivity index (χ0n) is 14.2. The average Bonchev–Trinajstić information content (AvgIpc) is 2.51. The summed E-state index contributed by atoms with van der Waals surface area (Å²) in [7, 11) is 0. The predicted molar refractivity (Wildman–Crippen MR) is 86.5 cm³/mol. The summed E-state index contributed by atoms with van der Waals surface area (Å²) in [6.07, 6.45) is 2.04. The van der Waals surface area contributed by atoms with Crippen LogP contribution in [0.4, 0.5) is 0 Å². The molecular formula is C16H33N3O2. The van der Waals surface area contributed by atoms with Gasteiger partial charge in [-0.2, -0.15) is 0 Å². The highest BCUT2D eigenvalue weighted by Gasteiger charge is 2.23. The van der Waals surface area contributed by atoms with Crippen molar-refractivity contribution in [3.8, 4) is 0 Å². The van der Waals surface area contributed by atoms with E-state index in [1.807, 2.05) is 13.8 Å². The van der Waals surface area contributed by atoms with Gasteiger partial charge in [0.25, 0.3) is 0 Å². The van der Waals surface area contributed by atoms with Gasteiger partial charge < -0.3 is 15.0 Å². The monoisotopic (exact) mass is 299 g/mol. The highest BCUT2D eigenvalue weighted by atomic mass is 16.5. The summed E-state index contributed by atoms with van der Waals surface area (Å²) in [5.41, 5.74) is 0. The molecule has 2 unspecified atom stereocenters. The molecule has 5 nitrogen and oxygen atoms in total. The number of carbonyl (C=O) groups excluding carboxylic acids is 1. The van der Waals surface area contributed by atoms with Crippen molar-refractivity contribution in [3.63, 3.8) is 0 Å². The normalized spacial score (nSPS) is 20.2. The molecule has 1 aliphatic rings. The second-order valence-corrected chi connectivity index (χ2v) is 5.79. The molecule has 0 spiro atoms. The largest absolute Gasteiger partial charge is 0.465 e. The maximum absolute atomic E-state index is 11.9. The number of nitrogens with zero attached hydrogens (tertiary/aromatic N) is 2. The van der Waals surface area contributed by atoms with Crippen molar-refractivity contribution in [1.82, 2.24) is 15.1 Å². The first-order chi connectivity index (χ1) is 10.1. The first-order valence-electron chi connectivity index (χ1n) is 8.48. The SMILES string of the molecule is CCNC(CCN1CCN(C(C)CC)CC1)C(=O)OCC. The van der Waals surface area contributed by atoms with E-state index in [0.29, 0.717) is 12.6 Å². The molecule has 124 valence electrons. The lowest BCUT2D eigenvalue weighted by molar-refractivity contribution is -0.145. The Balaban J connectivity index is 2.32. The molecule has 1 N–H and O–H groups in total. The molecule has 2 atom stereocenters. The molecule has 1 rings (SSSR count). The Morgan fingerprint density at radius 1 is 1.19 bits per heavy atom. The molecule has 1 fully saturated rings. The lowest BCUT2D eigenvalue weighted by Gasteiger charge is -2.38. The summed E-state index contributed by atoms with van der Waals surface area (Å²) in [5, 5.41) is 3.23. The summed E-state index contributed by atoms with van der Waals surface area (Å²) in [4.78, 5) is 16.9. The third kappa shape index (κ3) is 6.32. The van der Waals surface area contributed by atoms with Gasteiger partial charge in [0.15, 0.2) is 0 Å². The van der Waals surface area contributed by atoms with E-state index in [-0.39, 0.29) is 12.0 Å². The molecule has 1 saturated heterocycles. The highest BCUT2D eigenvalue weighted by Crippen LogP contribution is 2.09. The Hall–Kier alpha value is -0.650. The van der Waals surface area contributed by atoms with Crippen LogP contribution in [0.2, 0.25) is 0 Å². The van der Waals surface area contributed by atoms with Crippen molar-refractivity contribution in [2.45, 2.75) is 52.6 Å². The molecule has 0 radical (unpaired) electrons. The van der Waals surface area contributed by atoms with Gasteiger partial charge in [-0.1, -0.05) is 13.8 Å². The standard InChI is InChI=1S/C16H33N3O2/c1-5-14(4)19-12-10-18(11-13-19)9-8-15(17-6-2)16(20)21-7-3/h14-15,17H,5-13H2,1-4H3. The summed E-state index contributed by atoms with van der Waals surface area (Å²) in [6.45, 7) is 15.1. The number of carbonyl (C=O) groups is 1. The number of nitrogens with one attached hydrogen (secondary N) is 1. The van der Waals surface area contributed by atoms with E-state index >= 15 is 0 Å². The van der Waals surface area contributed by atoms with E-state index in [1.165, 1.54) is 6.42 Å². The third-order valence-corrected chi connectivity index (χ3v) is 4.38. The molecule has 21 heavy (non-hydrogen) atoms. The van der Waals surface area contributed by atoms with Crippen LogP contribution >= 0.6 is 0 Å². The van der Waals surface area contributed by atoms with Crippen LogP contribution in [-0.4, -0.2) is 73.7 Å². The van der Waals surface area contributed by atoms with Crippen molar-refractivity contribution in [2.75, 3.05) is 45.9 Å². The maximum Gasteiger partial charge on any atom is 0.323 e. The van der Waals surface area contributed by atoms with Gasteiger partial charge in [0.2, 0.25) is 0 Å². The van der Waals surface area contributed by atoms with Crippen molar-refractivity contribution < 1.29 is 9.53 Å². The molecule has 0 aliphatic carbocycles. The van der Waals surface area contributed by atoms with Gasteiger partial charge in [-0.05, 0) is 33.2 Å². The Kier molecular flexibility index (Phi) is 8.88. The summed E-state index contributed by atoms with van der Waals surface area (Å²) >= 11 is 0. The quantitative estimate of drug-likeness (QED) is 0.651. The van der Waals surface area contributed by atoms with Gasteiger partial charge >= 0.3 is 5.97 Å². The fourth-order valence-corrected chi connectivity index (χ4v) is 2.79.